The van der Waals surface area contributed by atoms with Crippen LogP contribution in [0.5, 0.6) is 0 Å². The molecular formula is C24H37N3O4. The molecule has 2 N–H and O–H groups in total. The third kappa shape index (κ3) is 9.19. The third-order valence-corrected chi connectivity index (χ3v) is 4.75. The van der Waals surface area contributed by atoms with Crippen LogP contribution in [0.1, 0.15) is 24.5 Å². The lowest BCUT2D eigenvalue weighted by Crippen LogP contribution is -2.14. The average Bonchev–Trinajstić information content (AvgIpc) is 3.12. The van der Waals surface area contributed by atoms with Gasteiger partial charge in [-0.2, -0.15) is 0 Å². The van der Waals surface area contributed by atoms with E-state index in [0.717, 1.165) is 39.5 Å². The van der Waals surface area contributed by atoms with Crippen molar-refractivity contribution in [3.63, 3.8) is 0 Å². The molecule has 0 fully saturated rings. The predicted octanol–water partition coefficient (Wildman–Crippen LogP) is 3.17. The van der Waals surface area contributed by atoms with Gasteiger partial charge >= 0.3 is 0 Å². The monoisotopic (exact) mass is 431 g/mol. The zero-order chi connectivity index (χ0) is 23.8. The van der Waals surface area contributed by atoms with Gasteiger partial charge in [0.25, 0.3) is 6.47 Å². The lowest BCUT2D eigenvalue weighted by atomic mass is 10.1. The zero-order valence-electron chi connectivity index (χ0n) is 19.4. The largest absolute Gasteiger partial charge is 0.483 e. The number of fused-ring (bicyclic) bond motifs is 1. The summed E-state index contributed by atoms with van der Waals surface area (Å²) in [7, 11) is 7.38. The number of carboxylic acid groups (broad SMARTS) is 1. The minimum Gasteiger partial charge on any atom is -0.483 e. The van der Waals surface area contributed by atoms with Gasteiger partial charge in [-0.3, -0.25) is 4.79 Å². The Balaban J connectivity index is 0.00000116. The quantitative estimate of drug-likeness (QED) is 0.684. The van der Waals surface area contributed by atoms with E-state index in [-0.39, 0.29) is 6.47 Å². The van der Waals surface area contributed by atoms with Gasteiger partial charge in [0, 0.05) is 50.5 Å². The topological polar surface area (TPSA) is 86.0 Å². The Morgan fingerprint density at radius 1 is 1.23 bits per heavy atom. The second kappa shape index (κ2) is 15.9. The smallest absolute Gasteiger partial charge is 0.290 e. The summed E-state index contributed by atoms with van der Waals surface area (Å²) in [5, 5.41) is 15.3. The first-order valence-electron chi connectivity index (χ1n) is 10.1. The van der Waals surface area contributed by atoms with Crippen LogP contribution in [-0.2, 0) is 29.0 Å². The summed E-state index contributed by atoms with van der Waals surface area (Å²) in [6, 6.07) is 6.97. The maximum Gasteiger partial charge on any atom is 0.290 e. The van der Waals surface area contributed by atoms with Crippen molar-refractivity contribution in [3.05, 3.63) is 59.6 Å². The molecule has 0 spiro atoms. The Morgan fingerprint density at radius 3 is 2.42 bits per heavy atom. The van der Waals surface area contributed by atoms with Gasteiger partial charge in [0.05, 0.1) is 0 Å². The van der Waals surface area contributed by atoms with E-state index in [9.17, 15) is 0 Å². The van der Waals surface area contributed by atoms with E-state index in [4.69, 9.17) is 19.8 Å². The van der Waals surface area contributed by atoms with Crippen molar-refractivity contribution < 1.29 is 19.8 Å². The second-order valence-corrected chi connectivity index (χ2v) is 7.19. The van der Waals surface area contributed by atoms with Gasteiger partial charge in [-0.25, -0.2) is 0 Å². The Kier molecular flexibility index (Phi) is 14.4. The van der Waals surface area contributed by atoms with Crippen LogP contribution in [0.2, 0.25) is 0 Å². The Hall–Kier alpha value is -2.90. The minimum absolute atomic E-state index is 0.250. The molecule has 0 amide bonds. The number of carbonyl (C=O) groups excluding carboxylic acids is 1. The van der Waals surface area contributed by atoms with Crippen LogP contribution in [0.4, 0.5) is 0 Å². The predicted molar refractivity (Wildman–Crippen MR) is 127 cm³/mol. The molecule has 7 heteroatoms. The number of aliphatic hydroxyl groups is 1. The molecule has 0 saturated carbocycles. The van der Waals surface area contributed by atoms with Crippen LogP contribution >= 0.6 is 0 Å². The Bertz CT molecular complexity index is 841. The fourth-order valence-electron chi connectivity index (χ4n) is 3.39. The molecule has 1 aliphatic heterocycles. The first kappa shape index (κ1) is 28.1. The van der Waals surface area contributed by atoms with Gasteiger partial charge < -0.3 is 29.4 Å². The van der Waals surface area contributed by atoms with Gasteiger partial charge in [0.15, 0.2) is 0 Å². The molecule has 7 nitrogen and oxygen atoms in total. The van der Waals surface area contributed by atoms with Crippen molar-refractivity contribution >= 4 is 24.2 Å². The van der Waals surface area contributed by atoms with Crippen LogP contribution in [-0.4, -0.2) is 72.6 Å². The summed E-state index contributed by atoms with van der Waals surface area (Å²) in [4.78, 5) is 20.8. The van der Waals surface area contributed by atoms with E-state index >= 15 is 0 Å². The minimum atomic E-state index is -0.250. The number of benzene rings is 1. The Morgan fingerprint density at radius 2 is 1.87 bits per heavy atom. The molecule has 0 saturated heterocycles. The maximum atomic E-state index is 8.36. The number of allylic oxidation sites excluding steroid dienone is 2. The van der Waals surface area contributed by atoms with Crippen molar-refractivity contribution in [1.29, 1.82) is 0 Å². The van der Waals surface area contributed by atoms with E-state index in [1.54, 1.807) is 0 Å². The number of nitrogens with zero attached hydrogens (tertiary/aromatic N) is 3. The number of likely N-dealkylation sites (N-methyl/N-ethyl adjacent to an activating group) is 1. The SMILES string of the molecule is C=O.CCc1ccc2c(CCN(C)C)cn(CC3=CN(C)C=CC3)c2c1.CO.O=CO. The fraction of sp³-hybridized carbons (Fsp3) is 0.417. The number of aliphatic hydroxyl groups excluding tert-OH is 1. The molecule has 2 aromatic rings. The summed E-state index contributed by atoms with van der Waals surface area (Å²) >= 11 is 0. The van der Waals surface area contributed by atoms with Crippen LogP contribution in [0.3, 0.4) is 0 Å². The highest BCUT2D eigenvalue weighted by atomic mass is 16.3. The number of hydrogen-bond donors (Lipinski definition) is 2. The molecule has 0 radical (unpaired) electrons. The second-order valence-electron chi connectivity index (χ2n) is 7.19. The number of aromatic nitrogens is 1. The number of carbonyl (C=O) groups is 2. The third-order valence-electron chi connectivity index (χ3n) is 4.75. The Labute approximate surface area is 185 Å². The van der Waals surface area contributed by atoms with Crippen molar-refractivity contribution in [3.8, 4) is 0 Å². The van der Waals surface area contributed by atoms with E-state index in [1.165, 1.54) is 27.6 Å². The zero-order valence-corrected chi connectivity index (χ0v) is 19.4. The average molecular weight is 432 g/mol. The van der Waals surface area contributed by atoms with Crippen molar-refractivity contribution in [2.75, 3.05) is 34.8 Å². The van der Waals surface area contributed by atoms with E-state index in [1.807, 2.05) is 6.79 Å². The molecule has 0 unspecified atom stereocenters. The number of rotatable bonds is 6. The molecule has 1 aromatic heterocycles. The molecule has 0 bridgehead atoms. The van der Waals surface area contributed by atoms with Gasteiger partial charge in [-0.05, 0) is 62.3 Å². The molecule has 0 atom stereocenters. The van der Waals surface area contributed by atoms with Gasteiger partial charge in [-0.1, -0.05) is 25.1 Å². The molecule has 31 heavy (non-hydrogen) atoms. The highest BCUT2D eigenvalue weighted by Crippen LogP contribution is 2.26. The van der Waals surface area contributed by atoms with Crippen molar-refractivity contribution in [1.82, 2.24) is 14.4 Å². The number of aryl methyl sites for hydroxylation is 1. The standard InChI is InChI=1S/C21H29N3.CH2O2.CH4O.CH2O/c1-5-17-8-9-20-19(10-12-22(2)3)16-24(21(20)13-17)15-18-7-6-11-23(4)14-18;2-1-3;2*1-2/h6,8-9,11,13-14,16H,5,7,10,12,15H2,1-4H3;1H,(H,2,3);2H,1H3;1H2. The fourth-order valence-corrected chi connectivity index (χ4v) is 3.39. The van der Waals surface area contributed by atoms with Gasteiger partial charge in [-0.15, -0.1) is 0 Å². The summed E-state index contributed by atoms with van der Waals surface area (Å²) in [6.07, 6.45) is 12.2. The highest BCUT2D eigenvalue weighted by molar-refractivity contribution is 5.84. The lowest BCUT2D eigenvalue weighted by molar-refractivity contribution is -0.122. The van der Waals surface area contributed by atoms with Crippen molar-refractivity contribution in [2.45, 2.75) is 32.7 Å². The number of hydrogen-bond acceptors (Lipinski definition) is 5. The van der Waals surface area contributed by atoms with Gasteiger partial charge in [0.2, 0.25) is 0 Å². The first-order chi connectivity index (χ1) is 15.0. The van der Waals surface area contributed by atoms with Gasteiger partial charge in [0.1, 0.15) is 6.79 Å². The van der Waals surface area contributed by atoms with Crippen LogP contribution in [0.15, 0.2) is 48.4 Å². The van der Waals surface area contributed by atoms with Crippen LogP contribution < -0.4 is 0 Å². The normalized spacial score (nSPS) is 12.1. The van der Waals surface area contributed by atoms with E-state index in [0.29, 0.717) is 0 Å². The summed E-state index contributed by atoms with van der Waals surface area (Å²) in [6.45, 7) is 6.04. The molecule has 0 aliphatic carbocycles. The first-order valence-corrected chi connectivity index (χ1v) is 10.1. The molecule has 2 heterocycles. The van der Waals surface area contributed by atoms with Crippen LogP contribution in [0, 0.1) is 0 Å². The molecule has 3 rings (SSSR count). The summed E-state index contributed by atoms with van der Waals surface area (Å²) < 4.78 is 2.44. The molecular weight excluding hydrogens is 394 g/mol. The maximum absolute atomic E-state index is 8.36. The summed E-state index contributed by atoms with van der Waals surface area (Å²) in [5.41, 5.74) is 5.71. The summed E-state index contributed by atoms with van der Waals surface area (Å²) in [5.74, 6) is 0. The van der Waals surface area contributed by atoms with Crippen LogP contribution in [0.25, 0.3) is 10.9 Å². The molecule has 1 aromatic carbocycles. The molecule has 172 valence electrons. The van der Waals surface area contributed by atoms with E-state index < -0.39 is 0 Å². The van der Waals surface area contributed by atoms with E-state index in [2.05, 4.69) is 85.3 Å². The molecule has 1 aliphatic rings. The van der Waals surface area contributed by atoms with Crippen molar-refractivity contribution in [2.24, 2.45) is 0 Å². The highest BCUT2D eigenvalue weighted by Gasteiger charge is 2.11. The lowest BCUT2D eigenvalue weighted by Gasteiger charge is -2.17.